The fourth-order valence-corrected chi connectivity index (χ4v) is 6.64. The van der Waals surface area contributed by atoms with E-state index in [-0.39, 0.29) is 26.7 Å². The second-order valence-electron chi connectivity index (χ2n) is 10.2. The van der Waals surface area contributed by atoms with Crippen LogP contribution in [-0.2, 0) is 23.1 Å². The number of hydrogen-bond acceptors (Lipinski definition) is 8. The number of pyridine rings is 1. The Hall–Kier alpha value is -3.92. The number of amides is 1. The Morgan fingerprint density at radius 1 is 1.10 bits per heavy atom. The summed E-state index contributed by atoms with van der Waals surface area (Å²) < 4.78 is 10.7. The Morgan fingerprint density at radius 2 is 1.79 bits per heavy atom. The predicted molar refractivity (Wildman–Crippen MR) is 169 cm³/mol. The van der Waals surface area contributed by atoms with E-state index in [2.05, 4.69) is 11.0 Å². The third-order valence-electron chi connectivity index (χ3n) is 7.71. The summed E-state index contributed by atoms with van der Waals surface area (Å²) >= 11 is 6.76. The van der Waals surface area contributed by atoms with E-state index in [4.69, 9.17) is 17.0 Å². The van der Waals surface area contributed by atoms with Gasteiger partial charge in [-0.2, -0.15) is 5.26 Å². The van der Waals surface area contributed by atoms with Crippen molar-refractivity contribution in [1.82, 2.24) is 13.9 Å². The Balaban J connectivity index is 1.66. The lowest BCUT2D eigenvalue weighted by Gasteiger charge is -2.33. The number of benzene rings is 1. The Morgan fingerprint density at radius 3 is 2.43 bits per heavy atom. The largest absolute Gasteiger partial charge is 0.378 e. The molecule has 0 spiro atoms. The second-order valence-corrected chi connectivity index (χ2v) is 11.9. The van der Waals surface area contributed by atoms with Gasteiger partial charge in [0, 0.05) is 32.2 Å². The van der Waals surface area contributed by atoms with Gasteiger partial charge in [-0.05, 0) is 44.0 Å². The number of carbonyl (C=O) groups excluding carboxylic acids is 1. The normalized spacial score (nSPS) is 16.5. The summed E-state index contributed by atoms with van der Waals surface area (Å²) in [7, 11) is 1.77. The molecule has 2 saturated heterocycles. The number of ether oxygens (including phenoxy) is 1. The van der Waals surface area contributed by atoms with E-state index in [0.717, 1.165) is 24.6 Å². The van der Waals surface area contributed by atoms with Crippen molar-refractivity contribution in [3.63, 3.8) is 0 Å². The van der Waals surface area contributed by atoms with Crippen molar-refractivity contribution in [1.29, 1.82) is 5.26 Å². The van der Waals surface area contributed by atoms with Gasteiger partial charge < -0.3 is 9.64 Å². The van der Waals surface area contributed by atoms with Gasteiger partial charge in [-0.1, -0.05) is 55.5 Å². The third-order valence-corrected chi connectivity index (χ3v) is 9.01. The van der Waals surface area contributed by atoms with Gasteiger partial charge in [0.1, 0.15) is 23.1 Å². The van der Waals surface area contributed by atoms with Crippen LogP contribution in [0.3, 0.4) is 0 Å². The lowest BCUT2D eigenvalue weighted by atomic mass is 10.0. The zero-order chi connectivity index (χ0) is 30.1. The minimum Gasteiger partial charge on any atom is -0.378 e. The van der Waals surface area contributed by atoms with E-state index in [9.17, 15) is 19.6 Å². The molecule has 0 N–H and O–H groups in total. The number of carbonyl (C=O) groups is 1. The highest BCUT2D eigenvalue weighted by molar-refractivity contribution is 8.27. The number of nitrogens with zero attached hydrogens (tertiary/aromatic N) is 6. The molecular formula is C30H32N6O4S2. The number of thioether (sulfide) groups is 1. The topological polar surface area (TPSA) is 106 Å². The van der Waals surface area contributed by atoms with Crippen molar-refractivity contribution >= 4 is 51.8 Å². The molecule has 1 aromatic carbocycles. The van der Waals surface area contributed by atoms with E-state index in [1.807, 2.05) is 37.3 Å². The highest BCUT2D eigenvalue weighted by Crippen LogP contribution is 2.38. The number of aromatic nitrogens is 3. The zero-order valence-electron chi connectivity index (χ0n) is 24.0. The summed E-state index contributed by atoms with van der Waals surface area (Å²) in [4.78, 5) is 44.9. The molecule has 0 atom stereocenters. The summed E-state index contributed by atoms with van der Waals surface area (Å²) in [5, 5.41) is 9.95. The van der Waals surface area contributed by atoms with Crippen LogP contribution in [0.5, 0.6) is 0 Å². The molecule has 2 fully saturated rings. The second kappa shape index (κ2) is 12.1. The molecular weight excluding hydrogens is 573 g/mol. The van der Waals surface area contributed by atoms with Crippen LogP contribution in [0.2, 0.25) is 0 Å². The fraction of sp³-hybridized carbons (Fsp3) is 0.367. The minimum atomic E-state index is -0.423. The van der Waals surface area contributed by atoms with Crippen molar-refractivity contribution in [2.45, 2.75) is 40.2 Å². The van der Waals surface area contributed by atoms with Crippen molar-refractivity contribution in [3.8, 4) is 11.8 Å². The molecule has 0 aliphatic carbocycles. The molecule has 2 aliphatic rings. The average molecular weight is 605 g/mol. The van der Waals surface area contributed by atoms with E-state index in [1.54, 1.807) is 36.2 Å². The molecule has 2 aliphatic heterocycles. The van der Waals surface area contributed by atoms with Gasteiger partial charge in [-0.25, -0.2) is 4.68 Å². The number of morpholine rings is 1. The van der Waals surface area contributed by atoms with Crippen LogP contribution in [-0.4, -0.2) is 50.5 Å². The first-order chi connectivity index (χ1) is 20.2. The van der Waals surface area contributed by atoms with Crippen LogP contribution in [0.4, 0.5) is 11.5 Å². The van der Waals surface area contributed by atoms with E-state index >= 15 is 0 Å². The van der Waals surface area contributed by atoms with Crippen molar-refractivity contribution in [2.75, 3.05) is 36.1 Å². The summed E-state index contributed by atoms with van der Waals surface area (Å²) in [6, 6.07) is 11.3. The van der Waals surface area contributed by atoms with Gasteiger partial charge in [-0.3, -0.25) is 28.5 Å². The van der Waals surface area contributed by atoms with Crippen LogP contribution in [0, 0.1) is 25.2 Å². The van der Waals surface area contributed by atoms with Gasteiger partial charge in [0.05, 0.1) is 29.5 Å². The standard InChI is InChI=1S/C30H32N6O4S2/c1-5-6-12-34-26(33-13-15-40-16-14-33)22(19(2)23(18-31)27(34)37)17-24-28(38)35(30(41)42-24)25-20(3)32(4)36(29(25)39)21-10-8-7-9-11-21/h7-11,17H,5-6,12-16H2,1-4H3. The van der Waals surface area contributed by atoms with E-state index in [0.29, 0.717) is 66.1 Å². The van der Waals surface area contributed by atoms with Crippen molar-refractivity contribution < 1.29 is 9.53 Å². The average Bonchev–Trinajstić information content (AvgIpc) is 3.38. The first-order valence-electron chi connectivity index (χ1n) is 13.8. The zero-order valence-corrected chi connectivity index (χ0v) is 25.7. The van der Waals surface area contributed by atoms with Gasteiger partial charge in [-0.15, -0.1) is 0 Å². The van der Waals surface area contributed by atoms with Crippen LogP contribution in [0.1, 0.15) is 42.1 Å². The molecule has 10 nitrogen and oxygen atoms in total. The lowest BCUT2D eigenvalue weighted by molar-refractivity contribution is -0.113. The van der Waals surface area contributed by atoms with Crippen LogP contribution in [0.15, 0.2) is 44.8 Å². The number of rotatable bonds is 7. The first kappa shape index (κ1) is 29.6. The summed E-state index contributed by atoms with van der Waals surface area (Å²) in [6.07, 6.45) is 3.35. The highest BCUT2D eigenvalue weighted by Gasteiger charge is 2.38. The molecule has 42 heavy (non-hydrogen) atoms. The highest BCUT2D eigenvalue weighted by atomic mass is 32.2. The van der Waals surface area contributed by atoms with Gasteiger partial charge >= 0.3 is 0 Å². The Bertz CT molecular complexity index is 1760. The van der Waals surface area contributed by atoms with E-state index < -0.39 is 5.91 Å². The number of thiocarbonyl (C=S) groups is 1. The molecule has 0 unspecified atom stereocenters. The SMILES string of the molecule is CCCCn1c(N2CCOCC2)c(C=C2SC(=S)N(c3c(C)n(C)n(-c4ccccc4)c3=O)C2=O)c(C)c(C#N)c1=O. The minimum absolute atomic E-state index is 0.0505. The lowest BCUT2D eigenvalue weighted by Crippen LogP contribution is -2.41. The fourth-order valence-electron chi connectivity index (χ4n) is 5.39. The van der Waals surface area contributed by atoms with Gasteiger partial charge in [0.2, 0.25) is 0 Å². The maximum absolute atomic E-state index is 14.0. The molecule has 218 valence electrons. The quantitative estimate of drug-likeness (QED) is 0.296. The molecule has 12 heteroatoms. The number of nitriles is 1. The van der Waals surface area contributed by atoms with E-state index in [1.165, 1.54) is 9.58 Å². The first-order valence-corrected chi connectivity index (χ1v) is 15.1. The Labute approximate surface area is 253 Å². The van der Waals surface area contributed by atoms with Crippen LogP contribution in [0.25, 0.3) is 11.8 Å². The maximum atomic E-state index is 14.0. The molecule has 2 aromatic heterocycles. The van der Waals surface area contributed by atoms with Gasteiger partial charge in [0.15, 0.2) is 4.32 Å². The van der Waals surface area contributed by atoms with Crippen molar-refractivity contribution in [3.05, 3.63) is 78.3 Å². The van der Waals surface area contributed by atoms with Gasteiger partial charge in [0.25, 0.3) is 17.0 Å². The monoisotopic (exact) mass is 604 g/mol. The third kappa shape index (κ3) is 5.02. The maximum Gasteiger partial charge on any atom is 0.296 e. The summed E-state index contributed by atoms with van der Waals surface area (Å²) in [5.41, 5.74) is 1.94. The summed E-state index contributed by atoms with van der Waals surface area (Å²) in [6.45, 7) is 8.15. The molecule has 4 heterocycles. The molecule has 1 amide bonds. The van der Waals surface area contributed by atoms with Crippen LogP contribution < -0.4 is 20.9 Å². The molecule has 3 aromatic rings. The predicted octanol–water partition coefficient (Wildman–Crippen LogP) is 3.87. The molecule has 0 radical (unpaired) electrons. The number of unbranched alkanes of at least 4 members (excludes halogenated alkanes) is 1. The Kier molecular flexibility index (Phi) is 8.54. The molecule has 0 saturated carbocycles. The number of para-hydroxylation sites is 1. The summed E-state index contributed by atoms with van der Waals surface area (Å²) in [5.74, 6) is 0.244. The van der Waals surface area contributed by atoms with Crippen LogP contribution >= 0.6 is 24.0 Å². The smallest absolute Gasteiger partial charge is 0.296 e. The number of hydrogen-bond donors (Lipinski definition) is 0. The molecule has 0 bridgehead atoms. The number of anilines is 2. The molecule has 5 rings (SSSR count). The van der Waals surface area contributed by atoms with Crippen molar-refractivity contribution in [2.24, 2.45) is 7.05 Å².